The predicted molar refractivity (Wildman–Crippen MR) is 246 cm³/mol. The summed E-state index contributed by atoms with van der Waals surface area (Å²) in [5.41, 5.74) is 0.154. The molecule has 20 atom stereocenters. The van der Waals surface area contributed by atoms with Crippen LogP contribution < -0.4 is 14.2 Å². The van der Waals surface area contributed by atoms with Crippen molar-refractivity contribution in [3.05, 3.63) is 72.3 Å². The van der Waals surface area contributed by atoms with Gasteiger partial charge in [0.25, 0.3) is 0 Å². The van der Waals surface area contributed by atoms with Crippen LogP contribution in [0, 0.1) is 0 Å². The summed E-state index contributed by atoms with van der Waals surface area (Å²) in [6.45, 7) is -3.19. The summed E-state index contributed by atoms with van der Waals surface area (Å²) >= 11 is 0. The van der Waals surface area contributed by atoms with Crippen molar-refractivity contribution in [1.29, 1.82) is 0 Å². The second-order valence-electron chi connectivity index (χ2n) is 18.1. The Morgan fingerprint density at radius 3 is 1.63 bits per heavy atom. The van der Waals surface area contributed by atoms with E-state index in [0.717, 1.165) is 30.3 Å². The summed E-state index contributed by atoms with van der Waals surface area (Å²) < 4.78 is 57.7. The molecule has 1 aromatic heterocycles. The van der Waals surface area contributed by atoms with E-state index in [0.29, 0.717) is 5.56 Å². The number of hydrogen-bond acceptors (Lipinski definition) is 27. The lowest BCUT2D eigenvalue weighted by molar-refractivity contribution is -0.357. The van der Waals surface area contributed by atoms with Crippen LogP contribution in [0.5, 0.6) is 34.5 Å². The van der Waals surface area contributed by atoms with E-state index in [1.165, 1.54) is 42.5 Å². The van der Waals surface area contributed by atoms with Gasteiger partial charge in [-0.05, 0) is 35.9 Å². The number of hydrogen-bond donors (Lipinski definition) is 17. The van der Waals surface area contributed by atoms with E-state index in [9.17, 15) is 91.6 Å². The van der Waals surface area contributed by atoms with Gasteiger partial charge in [-0.1, -0.05) is 12.1 Å². The van der Waals surface area contributed by atoms with Crippen molar-refractivity contribution in [1.82, 2.24) is 0 Å². The van der Waals surface area contributed by atoms with Crippen LogP contribution in [0.15, 0.2) is 71.2 Å². The third-order valence-electron chi connectivity index (χ3n) is 12.9. The summed E-state index contributed by atoms with van der Waals surface area (Å²) in [7, 11) is 0. The van der Waals surface area contributed by atoms with Crippen molar-refractivity contribution in [2.45, 2.75) is 123 Å². The minimum absolute atomic E-state index is 0.0389. The van der Waals surface area contributed by atoms with E-state index in [-0.39, 0.29) is 33.8 Å². The highest BCUT2D eigenvalue weighted by atomic mass is 16.8. The van der Waals surface area contributed by atoms with Crippen LogP contribution in [0.4, 0.5) is 0 Å². The Bertz CT molecular complexity index is 2630. The highest BCUT2D eigenvalue weighted by Gasteiger charge is 2.53. The zero-order chi connectivity index (χ0) is 54.9. The third kappa shape index (κ3) is 11.9. The van der Waals surface area contributed by atoms with Gasteiger partial charge in [-0.3, -0.25) is 0 Å². The SMILES string of the molecule is O=C(/C=C/c1ccc(O[C@@H]2OC(CO)[C@@H](O)[C@H](O)C2O)cc1)OCC1O[C@@H](Oc2cc3c(O[C@@H]4OC(CO)[C@@H](O)[C@H](O)C4O)cc(O)cc3[o+]c2-c2ccc(O)c(O)c2)[C@H](O[C@@H]2OC(CO)[C@@H](O)[C@H](O)C2O)C(O)[C@@H]1O. The lowest BCUT2D eigenvalue weighted by Gasteiger charge is -2.45. The normalized spacial score (nSPS) is 36.0. The number of rotatable bonds is 16. The molecule has 0 amide bonds. The van der Waals surface area contributed by atoms with Crippen molar-refractivity contribution in [3.8, 4) is 45.8 Å². The number of carbonyl (C=O) groups excluding carboxylic acids is 1. The Morgan fingerprint density at radius 2 is 1.05 bits per heavy atom. The highest BCUT2D eigenvalue weighted by Crippen LogP contribution is 2.44. The van der Waals surface area contributed by atoms with E-state index >= 15 is 0 Å². The summed E-state index contributed by atoms with van der Waals surface area (Å²) in [5.74, 6) is -3.72. The molecule has 416 valence electrons. The molecule has 8 unspecified atom stereocenters. The molecule has 4 aliphatic heterocycles. The third-order valence-corrected chi connectivity index (χ3v) is 12.9. The lowest BCUT2D eigenvalue weighted by Crippen LogP contribution is -2.65. The average molecular weight is 1080 g/mol. The number of fused-ring (bicyclic) bond motifs is 1. The molecular weight excluding hydrogens is 1020 g/mol. The molecule has 5 heterocycles. The first-order valence-electron chi connectivity index (χ1n) is 23.4. The maximum Gasteiger partial charge on any atom is 0.402 e. The van der Waals surface area contributed by atoms with Gasteiger partial charge in [0.05, 0.1) is 31.5 Å². The first-order valence-corrected chi connectivity index (χ1v) is 23.4. The van der Waals surface area contributed by atoms with Gasteiger partial charge in [0, 0.05) is 24.3 Å². The number of esters is 1. The maximum absolute atomic E-state index is 13.1. The Hall–Kier alpha value is -5.68. The van der Waals surface area contributed by atoms with Gasteiger partial charge in [0.1, 0.15) is 121 Å². The van der Waals surface area contributed by atoms with Crippen LogP contribution in [-0.4, -0.2) is 242 Å². The molecule has 0 radical (unpaired) electrons. The molecule has 17 N–H and O–H groups in total. The van der Waals surface area contributed by atoms with Gasteiger partial charge in [-0.25, -0.2) is 9.21 Å². The molecule has 4 aromatic rings. The smallest absolute Gasteiger partial charge is 0.402 e. The number of carbonyl (C=O) groups is 1. The molecule has 76 heavy (non-hydrogen) atoms. The minimum atomic E-state index is -2.13. The molecule has 4 fully saturated rings. The molecule has 28 heteroatoms. The van der Waals surface area contributed by atoms with Gasteiger partial charge in [-0.15, -0.1) is 0 Å². The van der Waals surface area contributed by atoms with Crippen molar-refractivity contribution in [2.75, 3.05) is 26.4 Å². The van der Waals surface area contributed by atoms with Gasteiger partial charge in [-0.2, -0.15) is 0 Å². The second kappa shape index (κ2) is 23.9. The molecule has 4 aliphatic rings. The number of ether oxygens (including phenoxy) is 9. The Morgan fingerprint density at radius 1 is 0.526 bits per heavy atom. The summed E-state index contributed by atoms with van der Waals surface area (Å²) in [4.78, 5) is 13.1. The first-order chi connectivity index (χ1) is 36.2. The predicted octanol–water partition coefficient (Wildman–Crippen LogP) is -4.88. The fourth-order valence-corrected chi connectivity index (χ4v) is 8.59. The number of benzene rings is 3. The van der Waals surface area contributed by atoms with Crippen molar-refractivity contribution in [3.63, 3.8) is 0 Å². The Kier molecular flexibility index (Phi) is 17.8. The van der Waals surface area contributed by atoms with Gasteiger partial charge in [0.2, 0.25) is 24.6 Å². The van der Waals surface area contributed by atoms with Crippen LogP contribution in [0.2, 0.25) is 0 Å². The second-order valence-corrected chi connectivity index (χ2v) is 18.1. The van der Waals surface area contributed by atoms with E-state index in [4.69, 9.17) is 47.0 Å². The summed E-state index contributed by atoms with van der Waals surface area (Å²) in [6.07, 6.45) is -33.4. The zero-order valence-electron chi connectivity index (χ0n) is 39.4. The average Bonchev–Trinajstić information content (AvgIpc) is 3.42. The van der Waals surface area contributed by atoms with Crippen LogP contribution in [-0.2, 0) is 33.2 Å². The van der Waals surface area contributed by atoms with Crippen LogP contribution in [0.1, 0.15) is 5.56 Å². The van der Waals surface area contributed by atoms with Crippen LogP contribution >= 0.6 is 0 Å². The standard InChI is InChI=1S/C48H56O28/c49-13-27-32(56)36(60)40(64)45(72-27)68-20-5-1-17(2-6-20)3-8-31(55)67-16-30-35(59)39(63)44(76-47-42(66)38(62)34(58)29(15-51)74-47)48(75-30)71-26-12-21-24(69-43(26)18-4-7-22(53)23(54)9-18)10-19(52)11-25(21)70-46-41(65)37(61)33(57)28(14-50)73-46/h1-12,27-30,32-42,44-51,56-66H,13-16H2,(H2-,52,53,54)/p+1/b8-3+/t27?,28?,29?,30?,32-,33-,34-,35-,36+,37+,38+,39?,40?,41?,42?,44-,45-,46-,47+,48-/m1/s1. The molecule has 0 aliphatic carbocycles. The molecule has 0 bridgehead atoms. The number of phenols is 3. The lowest BCUT2D eigenvalue weighted by atomic mass is 9.97. The molecule has 0 saturated carbocycles. The van der Waals surface area contributed by atoms with Gasteiger partial charge in [0.15, 0.2) is 23.9 Å². The summed E-state index contributed by atoms with van der Waals surface area (Å²) in [6, 6.07) is 12.4. The van der Waals surface area contributed by atoms with Gasteiger partial charge < -0.3 is 129 Å². The molecule has 3 aromatic carbocycles. The van der Waals surface area contributed by atoms with Crippen molar-refractivity contribution in [2.24, 2.45) is 0 Å². The fraction of sp³-hybridized carbons (Fsp3) is 0.500. The number of aliphatic hydroxyl groups excluding tert-OH is 14. The quantitative estimate of drug-likeness (QED) is 0.0216. The van der Waals surface area contributed by atoms with Gasteiger partial charge >= 0.3 is 17.3 Å². The van der Waals surface area contributed by atoms with E-state index in [1.54, 1.807) is 0 Å². The molecule has 4 saturated heterocycles. The maximum atomic E-state index is 13.1. The van der Waals surface area contributed by atoms with E-state index in [2.05, 4.69) is 0 Å². The van der Waals surface area contributed by atoms with Crippen LogP contribution in [0.3, 0.4) is 0 Å². The Balaban J connectivity index is 1.08. The highest BCUT2D eigenvalue weighted by molar-refractivity contribution is 5.89. The van der Waals surface area contributed by atoms with Crippen molar-refractivity contribution >= 4 is 23.0 Å². The monoisotopic (exact) mass is 1080 g/mol. The van der Waals surface area contributed by atoms with Crippen molar-refractivity contribution < 1.29 is 139 Å². The largest absolute Gasteiger partial charge is 0.507 e. The molecule has 28 nitrogen and oxygen atoms in total. The molecule has 0 spiro atoms. The first kappa shape index (κ1) is 56.5. The topological polar surface area (TPSA) is 455 Å². The number of phenolic OH excluding ortho intramolecular Hbond substituents is 3. The fourth-order valence-electron chi connectivity index (χ4n) is 8.59. The van der Waals surface area contributed by atoms with Crippen LogP contribution in [0.25, 0.3) is 28.4 Å². The minimum Gasteiger partial charge on any atom is -0.507 e. The van der Waals surface area contributed by atoms with E-state index in [1.807, 2.05) is 0 Å². The zero-order valence-corrected chi connectivity index (χ0v) is 39.4. The number of aromatic hydroxyl groups is 3. The Labute approximate surface area is 428 Å². The van der Waals surface area contributed by atoms with E-state index < -0.39 is 178 Å². The molecule has 8 rings (SSSR count). The molecular formula is C48H57O28+. The summed E-state index contributed by atoms with van der Waals surface area (Å²) in [5, 5.41) is 178. The number of aliphatic hydroxyl groups is 14.